The molecule has 0 radical (unpaired) electrons. The number of rotatable bonds is 0. The Hall–Kier alpha value is -0.500. The van der Waals surface area contributed by atoms with Crippen molar-refractivity contribution in [1.29, 1.82) is 0 Å². The van der Waals surface area contributed by atoms with E-state index in [-0.39, 0.29) is 0 Å². The molecule has 0 unspecified atom stereocenters. The summed E-state index contributed by atoms with van der Waals surface area (Å²) in [6, 6.07) is 0. The highest BCUT2D eigenvalue weighted by Crippen LogP contribution is 2.36. The molecule has 1 aliphatic carbocycles. The van der Waals surface area contributed by atoms with Gasteiger partial charge in [-0.3, -0.25) is 4.79 Å². The molecule has 0 bridgehead atoms. The van der Waals surface area contributed by atoms with Crippen LogP contribution in [0.2, 0.25) is 0 Å². The number of carbonyl (C=O) groups excluding carboxylic acids is 1. The number of carbonyl (C=O) groups is 1. The van der Waals surface area contributed by atoms with Crippen LogP contribution in [0.25, 0.3) is 0 Å². The van der Waals surface area contributed by atoms with E-state index in [9.17, 15) is 4.79 Å². The van der Waals surface area contributed by atoms with Gasteiger partial charge in [-0.05, 0) is 29.6 Å². The van der Waals surface area contributed by atoms with Crippen LogP contribution in [0.4, 0.5) is 0 Å². The van der Waals surface area contributed by atoms with Crippen LogP contribution in [0.5, 0.6) is 0 Å². The third-order valence-corrected chi connectivity index (χ3v) is 3.14. The van der Waals surface area contributed by atoms with Crippen molar-refractivity contribution in [3.8, 4) is 0 Å². The molecule has 1 aliphatic heterocycles. The normalized spacial score (nSPS) is 30.4. The fraction of sp³-hybridized carbons (Fsp3) is 0.444. The van der Waals surface area contributed by atoms with Crippen molar-refractivity contribution in [1.82, 2.24) is 0 Å². The lowest BCUT2D eigenvalue weighted by atomic mass is 10.2. The first-order valence-electron chi connectivity index (χ1n) is 3.95. The van der Waals surface area contributed by atoms with Crippen molar-refractivity contribution in [3.63, 3.8) is 0 Å². The summed E-state index contributed by atoms with van der Waals surface area (Å²) in [5, 5.41) is 2.08. The van der Waals surface area contributed by atoms with E-state index in [4.69, 9.17) is 0 Å². The predicted octanol–water partition coefficient (Wildman–Crippen LogP) is 2.64. The monoisotopic (exact) mass is 166 g/mol. The zero-order valence-corrected chi connectivity index (χ0v) is 7.12. The second-order valence-electron chi connectivity index (χ2n) is 2.87. The molecule has 1 heterocycles. The third kappa shape index (κ3) is 1.27. The first-order valence-corrected chi connectivity index (χ1v) is 4.83. The molecule has 2 rings (SSSR count). The lowest BCUT2D eigenvalue weighted by molar-refractivity contribution is -0.114. The Balaban J connectivity index is 2.24. The molecule has 11 heavy (non-hydrogen) atoms. The highest BCUT2D eigenvalue weighted by atomic mass is 32.2. The van der Waals surface area contributed by atoms with Gasteiger partial charge in [0.1, 0.15) is 0 Å². The number of thioether (sulfide) groups is 1. The fourth-order valence-corrected chi connectivity index (χ4v) is 2.45. The quantitative estimate of drug-likeness (QED) is 0.514. The van der Waals surface area contributed by atoms with E-state index in [0.717, 1.165) is 31.3 Å². The SMILES string of the molecule is O=C1CCCC1=C1CC=CS1. The zero-order valence-electron chi connectivity index (χ0n) is 6.30. The van der Waals surface area contributed by atoms with Gasteiger partial charge < -0.3 is 0 Å². The van der Waals surface area contributed by atoms with E-state index in [1.54, 1.807) is 11.8 Å². The minimum atomic E-state index is 0.385. The minimum Gasteiger partial charge on any atom is -0.295 e. The van der Waals surface area contributed by atoms with E-state index in [0.29, 0.717) is 5.78 Å². The molecular formula is C9H10OS. The fourth-order valence-electron chi connectivity index (χ4n) is 1.54. The summed E-state index contributed by atoms with van der Waals surface area (Å²) in [5.41, 5.74) is 1.11. The Morgan fingerprint density at radius 1 is 1.36 bits per heavy atom. The van der Waals surface area contributed by atoms with Crippen molar-refractivity contribution in [2.75, 3.05) is 0 Å². The lowest BCUT2D eigenvalue weighted by Gasteiger charge is -1.99. The molecule has 1 saturated carbocycles. The molecule has 1 nitrogen and oxygen atoms in total. The molecule has 0 aromatic rings. The Bertz CT molecular complexity index is 240. The van der Waals surface area contributed by atoms with Crippen LogP contribution in [0.3, 0.4) is 0 Å². The predicted molar refractivity (Wildman–Crippen MR) is 47.2 cm³/mol. The Morgan fingerprint density at radius 2 is 2.27 bits per heavy atom. The third-order valence-electron chi connectivity index (χ3n) is 2.11. The van der Waals surface area contributed by atoms with Gasteiger partial charge in [0.2, 0.25) is 0 Å². The van der Waals surface area contributed by atoms with E-state index in [1.807, 2.05) is 0 Å². The van der Waals surface area contributed by atoms with Crippen molar-refractivity contribution < 1.29 is 4.79 Å². The van der Waals surface area contributed by atoms with Gasteiger partial charge in [-0.25, -0.2) is 0 Å². The Kier molecular flexibility index (Phi) is 1.86. The number of Topliss-reactive ketones (excluding diaryl/α,β-unsaturated/α-hetero) is 1. The second-order valence-corrected chi connectivity index (χ2v) is 3.87. The number of allylic oxidation sites excluding steroid dienone is 3. The van der Waals surface area contributed by atoms with Crippen LogP contribution < -0.4 is 0 Å². The van der Waals surface area contributed by atoms with Crippen molar-refractivity contribution in [3.05, 3.63) is 22.0 Å². The lowest BCUT2D eigenvalue weighted by Crippen LogP contribution is -1.93. The van der Waals surface area contributed by atoms with E-state index < -0.39 is 0 Å². The number of hydrogen-bond donors (Lipinski definition) is 0. The van der Waals surface area contributed by atoms with Crippen LogP contribution in [0, 0.1) is 0 Å². The van der Waals surface area contributed by atoms with Gasteiger partial charge in [0.25, 0.3) is 0 Å². The van der Waals surface area contributed by atoms with Gasteiger partial charge in [0, 0.05) is 12.0 Å². The van der Waals surface area contributed by atoms with Crippen LogP contribution in [-0.4, -0.2) is 5.78 Å². The topological polar surface area (TPSA) is 17.1 Å². The van der Waals surface area contributed by atoms with Gasteiger partial charge in [0.05, 0.1) is 0 Å². The number of hydrogen-bond acceptors (Lipinski definition) is 2. The van der Waals surface area contributed by atoms with Crippen molar-refractivity contribution in [2.24, 2.45) is 0 Å². The second kappa shape index (κ2) is 2.86. The molecule has 0 saturated heterocycles. The smallest absolute Gasteiger partial charge is 0.159 e. The zero-order chi connectivity index (χ0) is 7.68. The molecule has 1 fully saturated rings. The van der Waals surface area contributed by atoms with Crippen LogP contribution in [0.15, 0.2) is 22.0 Å². The Labute approximate surface area is 70.6 Å². The maximum absolute atomic E-state index is 11.3. The van der Waals surface area contributed by atoms with Crippen molar-refractivity contribution in [2.45, 2.75) is 25.7 Å². The summed E-state index contributed by atoms with van der Waals surface area (Å²) in [6.07, 6.45) is 5.98. The summed E-state index contributed by atoms with van der Waals surface area (Å²) in [4.78, 5) is 12.6. The van der Waals surface area contributed by atoms with E-state index >= 15 is 0 Å². The van der Waals surface area contributed by atoms with Gasteiger partial charge in [-0.2, -0.15) is 0 Å². The minimum absolute atomic E-state index is 0.385. The molecular weight excluding hydrogens is 156 g/mol. The molecule has 0 spiro atoms. The first kappa shape index (κ1) is 7.17. The Morgan fingerprint density at radius 3 is 2.82 bits per heavy atom. The van der Waals surface area contributed by atoms with Crippen LogP contribution in [0.1, 0.15) is 25.7 Å². The molecule has 2 heteroatoms. The summed E-state index contributed by atoms with van der Waals surface area (Å²) in [6.45, 7) is 0. The molecule has 2 aliphatic rings. The highest BCUT2D eigenvalue weighted by molar-refractivity contribution is 8.06. The molecule has 0 aromatic carbocycles. The molecule has 0 aromatic heterocycles. The van der Waals surface area contributed by atoms with Crippen LogP contribution in [-0.2, 0) is 4.79 Å². The molecule has 58 valence electrons. The van der Waals surface area contributed by atoms with Gasteiger partial charge in [-0.1, -0.05) is 6.08 Å². The summed E-state index contributed by atoms with van der Waals surface area (Å²) in [5.74, 6) is 0.385. The summed E-state index contributed by atoms with van der Waals surface area (Å²) < 4.78 is 0. The van der Waals surface area contributed by atoms with E-state index in [1.165, 1.54) is 4.91 Å². The van der Waals surface area contributed by atoms with Crippen molar-refractivity contribution >= 4 is 17.5 Å². The summed E-state index contributed by atoms with van der Waals surface area (Å²) >= 11 is 1.72. The summed E-state index contributed by atoms with van der Waals surface area (Å²) in [7, 11) is 0. The largest absolute Gasteiger partial charge is 0.295 e. The highest BCUT2D eigenvalue weighted by Gasteiger charge is 2.21. The maximum atomic E-state index is 11.3. The molecule has 0 N–H and O–H groups in total. The first-order chi connectivity index (χ1) is 5.38. The van der Waals surface area contributed by atoms with E-state index in [2.05, 4.69) is 11.5 Å². The average Bonchev–Trinajstić information content (AvgIpc) is 2.55. The van der Waals surface area contributed by atoms with Gasteiger partial charge in [0.15, 0.2) is 5.78 Å². The van der Waals surface area contributed by atoms with Gasteiger partial charge >= 0.3 is 0 Å². The molecule has 0 atom stereocenters. The van der Waals surface area contributed by atoms with Crippen LogP contribution >= 0.6 is 11.8 Å². The maximum Gasteiger partial charge on any atom is 0.159 e. The molecule has 0 amide bonds. The van der Waals surface area contributed by atoms with Gasteiger partial charge in [-0.15, -0.1) is 11.8 Å². The number of ketones is 1. The average molecular weight is 166 g/mol. The standard InChI is InChI=1S/C9H10OS/c10-8-4-1-3-7(8)9-5-2-6-11-9/h2,6H,1,3-5H2.